The summed E-state index contributed by atoms with van der Waals surface area (Å²) in [5.41, 5.74) is 0.901. The molecule has 152 valence electrons. The van der Waals surface area contributed by atoms with Crippen LogP contribution in [0.3, 0.4) is 0 Å². The molecule has 1 amide bonds. The van der Waals surface area contributed by atoms with Gasteiger partial charge in [-0.05, 0) is 36.4 Å². The minimum Gasteiger partial charge on any atom is -0.497 e. The van der Waals surface area contributed by atoms with E-state index in [1.807, 2.05) is 24.3 Å². The van der Waals surface area contributed by atoms with Gasteiger partial charge in [-0.15, -0.1) is 0 Å². The Bertz CT molecular complexity index is 1240. The fourth-order valence-electron chi connectivity index (χ4n) is 2.73. The van der Waals surface area contributed by atoms with E-state index in [1.54, 1.807) is 31.4 Å². The normalized spacial score (nSPS) is 10.8. The van der Waals surface area contributed by atoms with Gasteiger partial charge in [-0.3, -0.25) is 14.2 Å². The Balaban J connectivity index is 1.53. The molecule has 2 aromatic carbocycles. The first-order chi connectivity index (χ1) is 14.5. The second-order valence-electron chi connectivity index (χ2n) is 6.09. The first kappa shape index (κ1) is 19.9. The van der Waals surface area contributed by atoms with Crippen LogP contribution in [0.4, 0.5) is 5.13 Å². The number of rotatable bonds is 6. The first-order valence-electron chi connectivity index (χ1n) is 8.79. The van der Waals surface area contributed by atoms with Gasteiger partial charge in [0.25, 0.3) is 5.56 Å². The monoisotopic (exact) mass is 440 g/mol. The number of thioether (sulfide) groups is 1. The number of benzene rings is 2. The van der Waals surface area contributed by atoms with Crippen molar-refractivity contribution in [2.24, 2.45) is 0 Å². The lowest BCUT2D eigenvalue weighted by Crippen LogP contribution is -2.21. The van der Waals surface area contributed by atoms with Crippen LogP contribution in [0, 0.1) is 0 Å². The minimum atomic E-state index is -0.457. The number of methoxy groups -OCH3 is 1. The molecule has 0 fully saturated rings. The zero-order valence-corrected chi connectivity index (χ0v) is 17.4. The number of carbonyl (C=O) groups is 1. The lowest BCUT2D eigenvalue weighted by molar-refractivity contribution is -0.113. The summed E-state index contributed by atoms with van der Waals surface area (Å²) >= 11 is 2.42. The molecule has 4 aromatic rings. The van der Waals surface area contributed by atoms with E-state index in [9.17, 15) is 14.7 Å². The number of thiazole rings is 1. The van der Waals surface area contributed by atoms with Gasteiger partial charge in [-0.1, -0.05) is 35.2 Å². The Morgan fingerprint density at radius 1 is 1.20 bits per heavy atom. The highest BCUT2D eigenvalue weighted by molar-refractivity contribution is 7.99. The molecule has 0 bridgehead atoms. The topological polar surface area (TPSA) is 106 Å². The van der Waals surface area contributed by atoms with Crippen molar-refractivity contribution in [3.8, 4) is 17.3 Å². The van der Waals surface area contributed by atoms with Crippen molar-refractivity contribution >= 4 is 44.4 Å². The van der Waals surface area contributed by atoms with Gasteiger partial charge in [0, 0.05) is 0 Å². The van der Waals surface area contributed by atoms with E-state index in [0.29, 0.717) is 16.6 Å². The Kier molecular flexibility index (Phi) is 5.68. The van der Waals surface area contributed by atoms with Crippen molar-refractivity contribution in [2.45, 2.75) is 5.16 Å². The predicted molar refractivity (Wildman–Crippen MR) is 117 cm³/mol. The Morgan fingerprint density at radius 3 is 2.70 bits per heavy atom. The third-order valence-electron chi connectivity index (χ3n) is 4.08. The molecular weight excluding hydrogens is 424 g/mol. The van der Waals surface area contributed by atoms with E-state index in [0.717, 1.165) is 28.0 Å². The Morgan fingerprint density at radius 2 is 1.97 bits per heavy atom. The molecule has 30 heavy (non-hydrogen) atoms. The third-order valence-corrected chi connectivity index (χ3v) is 5.97. The molecule has 0 radical (unpaired) electrons. The molecule has 2 N–H and O–H groups in total. The number of para-hydroxylation sites is 1. The zero-order chi connectivity index (χ0) is 21.1. The van der Waals surface area contributed by atoms with Crippen molar-refractivity contribution in [2.75, 3.05) is 18.2 Å². The number of amides is 1. The molecule has 10 heteroatoms. The van der Waals surface area contributed by atoms with Crippen LogP contribution in [0.5, 0.6) is 11.6 Å². The van der Waals surface area contributed by atoms with E-state index in [4.69, 9.17) is 4.74 Å². The summed E-state index contributed by atoms with van der Waals surface area (Å²) in [6.45, 7) is 0. The molecule has 2 aromatic heterocycles. The van der Waals surface area contributed by atoms with E-state index >= 15 is 0 Å². The number of nitrogens with one attached hydrogen (secondary N) is 1. The molecule has 0 saturated heterocycles. The quantitative estimate of drug-likeness (QED) is 0.350. The van der Waals surface area contributed by atoms with Gasteiger partial charge in [-0.25, -0.2) is 4.98 Å². The highest BCUT2D eigenvalue weighted by Gasteiger charge is 2.14. The van der Waals surface area contributed by atoms with E-state index in [2.05, 4.69) is 15.3 Å². The summed E-state index contributed by atoms with van der Waals surface area (Å²) in [6.07, 6.45) is 0. The molecule has 0 spiro atoms. The first-order valence-corrected chi connectivity index (χ1v) is 10.6. The van der Waals surface area contributed by atoms with Crippen LogP contribution in [-0.2, 0) is 4.79 Å². The lowest BCUT2D eigenvalue weighted by atomic mass is 10.3. The molecule has 0 aliphatic rings. The van der Waals surface area contributed by atoms with Gasteiger partial charge < -0.3 is 15.2 Å². The van der Waals surface area contributed by atoms with E-state index in [1.165, 1.54) is 15.9 Å². The number of aromatic nitrogens is 3. The number of ether oxygens (including phenoxy) is 1. The molecule has 0 unspecified atom stereocenters. The standard InChI is InChI=1S/C20H16N4O4S2/c1-28-13-8-6-12(7-9-13)24-18(27)10-16(25)23-20(24)29-11-17(26)22-19-21-14-4-2-3-5-15(14)30-19/h2-10,25H,11H2,1H3,(H,21,22,26). The SMILES string of the molecule is COc1ccc(-n2c(SCC(=O)Nc3nc4ccccc4s3)nc(O)cc2=O)cc1. The Hall–Kier alpha value is -3.37. The maximum atomic E-state index is 12.5. The fourth-order valence-corrected chi connectivity index (χ4v) is 4.42. The van der Waals surface area contributed by atoms with E-state index in [-0.39, 0.29) is 16.8 Å². The summed E-state index contributed by atoms with van der Waals surface area (Å²) in [4.78, 5) is 33.3. The van der Waals surface area contributed by atoms with Crippen molar-refractivity contribution < 1.29 is 14.6 Å². The largest absolute Gasteiger partial charge is 0.497 e. The number of hydrogen-bond donors (Lipinski definition) is 2. The van der Waals surface area contributed by atoms with Gasteiger partial charge in [0.15, 0.2) is 10.3 Å². The van der Waals surface area contributed by atoms with Crippen LogP contribution in [0.2, 0.25) is 0 Å². The highest BCUT2D eigenvalue weighted by Crippen LogP contribution is 2.26. The number of carbonyl (C=O) groups excluding carboxylic acids is 1. The number of aromatic hydroxyl groups is 1. The van der Waals surface area contributed by atoms with Crippen LogP contribution in [0.15, 0.2) is 64.5 Å². The van der Waals surface area contributed by atoms with Crippen LogP contribution < -0.4 is 15.6 Å². The molecular formula is C20H16N4O4S2. The highest BCUT2D eigenvalue weighted by atomic mass is 32.2. The summed E-state index contributed by atoms with van der Waals surface area (Å²) in [7, 11) is 1.55. The van der Waals surface area contributed by atoms with Crippen molar-refractivity contribution in [1.82, 2.24) is 14.5 Å². The van der Waals surface area contributed by atoms with Gasteiger partial charge >= 0.3 is 0 Å². The molecule has 0 aliphatic heterocycles. The van der Waals surface area contributed by atoms with Crippen molar-refractivity contribution in [3.05, 3.63) is 65.0 Å². The maximum Gasteiger partial charge on any atom is 0.262 e. The summed E-state index contributed by atoms with van der Waals surface area (Å²) < 4.78 is 7.44. The average molecular weight is 441 g/mol. The van der Waals surface area contributed by atoms with Crippen molar-refractivity contribution in [3.63, 3.8) is 0 Å². The van der Waals surface area contributed by atoms with Gasteiger partial charge in [0.05, 0.1) is 34.8 Å². The molecule has 0 aliphatic carbocycles. The average Bonchev–Trinajstić information content (AvgIpc) is 3.14. The second-order valence-corrected chi connectivity index (χ2v) is 8.07. The summed E-state index contributed by atoms with van der Waals surface area (Å²) in [5, 5.41) is 13.2. The van der Waals surface area contributed by atoms with Crippen LogP contribution in [0.25, 0.3) is 15.9 Å². The minimum absolute atomic E-state index is 0.0119. The summed E-state index contributed by atoms with van der Waals surface area (Å²) in [5.74, 6) is -0.0677. The smallest absolute Gasteiger partial charge is 0.262 e. The van der Waals surface area contributed by atoms with Crippen molar-refractivity contribution in [1.29, 1.82) is 0 Å². The number of fused-ring (bicyclic) bond motifs is 1. The third kappa shape index (κ3) is 4.29. The van der Waals surface area contributed by atoms with Crippen LogP contribution in [-0.4, -0.2) is 38.4 Å². The van der Waals surface area contributed by atoms with E-state index < -0.39 is 11.4 Å². The van der Waals surface area contributed by atoms with Crippen LogP contribution >= 0.6 is 23.1 Å². The van der Waals surface area contributed by atoms with Crippen LogP contribution in [0.1, 0.15) is 0 Å². The molecule has 0 atom stereocenters. The molecule has 0 saturated carbocycles. The Labute approximate surface area is 179 Å². The second kappa shape index (κ2) is 8.56. The maximum absolute atomic E-state index is 12.5. The molecule has 8 nitrogen and oxygen atoms in total. The number of nitrogens with zero attached hydrogens (tertiary/aromatic N) is 3. The molecule has 2 heterocycles. The van der Waals surface area contributed by atoms with Gasteiger partial charge in [-0.2, -0.15) is 4.98 Å². The zero-order valence-electron chi connectivity index (χ0n) is 15.7. The van der Waals surface area contributed by atoms with Gasteiger partial charge in [0.2, 0.25) is 11.8 Å². The fraction of sp³-hybridized carbons (Fsp3) is 0.100. The predicted octanol–water partition coefficient (Wildman–Crippen LogP) is 3.29. The lowest BCUT2D eigenvalue weighted by Gasteiger charge is -2.12. The number of hydrogen-bond acceptors (Lipinski definition) is 8. The molecule has 4 rings (SSSR count). The number of anilines is 1. The van der Waals surface area contributed by atoms with Gasteiger partial charge in [0.1, 0.15) is 5.75 Å². The summed E-state index contributed by atoms with van der Waals surface area (Å²) in [6, 6.07) is 15.4.